The van der Waals surface area contributed by atoms with Crippen molar-refractivity contribution >= 4 is 17.6 Å². The monoisotopic (exact) mass is 307 g/mol. The lowest BCUT2D eigenvalue weighted by molar-refractivity contribution is 0.414. The van der Waals surface area contributed by atoms with Gasteiger partial charge in [0.1, 0.15) is 5.75 Å². The van der Waals surface area contributed by atoms with Crippen molar-refractivity contribution in [3.8, 4) is 5.75 Å². The van der Waals surface area contributed by atoms with E-state index in [1.807, 2.05) is 45.1 Å². The summed E-state index contributed by atoms with van der Waals surface area (Å²) in [6.45, 7) is 9.63. The summed E-state index contributed by atoms with van der Waals surface area (Å²) in [4.78, 5) is 4.42. The van der Waals surface area contributed by atoms with Crippen LogP contribution in [0.1, 0.15) is 31.0 Å². The fraction of sp³-hybridized carbons (Fsp3) is 0.312. The Morgan fingerprint density at radius 2 is 2.19 bits per heavy atom. The molecule has 0 bridgehead atoms. The van der Waals surface area contributed by atoms with Crippen LogP contribution >= 0.6 is 11.6 Å². The summed E-state index contributed by atoms with van der Waals surface area (Å²) in [6, 6.07) is 3.65. The van der Waals surface area contributed by atoms with E-state index in [-0.39, 0.29) is 6.04 Å². The Hall–Kier alpha value is -1.94. The zero-order valence-corrected chi connectivity index (χ0v) is 13.7. The number of nitrogens with one attached hydrogen (secondary N) is 1. The average Bonchev–Trinajstić information content (AvgIpc) is 2.41. The second-order valence-corrected chi connectivity index (χ2v) is 5.01. The Labute approximate surface area is 131 Å². The smallest absolute Gasteiger partial charge is 0.193 e. The summed E-state index contributed by atoms with van der Waals surface area (Å²) < 4.78 is 5.20. The summed E-state index contributed by atoms with van der Waals surface area (Å²) >= 11 is 6.26. The molecule has 1 rings (SSSR count). The zero-order valence-electron chi connectivity index (χ0n) is 12.9. The Morgan fingerprint density at radius 3 is 2.76 bits per heavy atom. The van der Waals surface area contributed by atoms with Gasteiger partial charge >= 0.3 is 0 Å². The normalized spacial score (nSPS) is 13.3. The van der Waals surface area contributed by atoms with Crippen molar-refractivity contribution in [2.75, 3.05) is 7.11 Å². The predicted octanol–water partition coefficient (Wildman–Crippen LogP) is 3.71. The highest BCUT2D eigenvalue weighted by atomic mass is 35.5. The molecule has 114 valence electrons. The van der Waals surface area contributed by atoms with Gasteiger partial charge in [-0.05, 0) is 44.0 Å². The average molecular weight is 308 g/mol. The van der Waals surface area contributed by atoms with E-state index < -0.39 is 0 Å². The number of hydrogen-bond acceptors (Lipinski definition) is 2. The summed E-state index contributed by atoms with van der Waals surface area (Å²) in [6.07, 6.45) is 3.70. The second-order valence-electron chi connectivity index (χ2n) is 4.64. The number of guanidine groups is 1. The SMILES string of the molecule is C=C(/C=C\C)NC(N)=N[C@H](C)c1ccc(OC)c(Cl)c1C. The first-order valence-electron chi connectivity index (χ1n) is 6.65. The maximum absolute atomic E-state index is 6.26. The third kappa shape index (κ3) is 4.53. The lowest BCUT2D eigenvalue weighted by Gasteiger charge is -2.15. The minimum absolute atomic E-state index is 0.126. The van der Waals surface area contributed by atoms with Gasteiger partial charge < -0.3 is 15.8 Å². The molecule has 0 aliphatic carbocycles. The van der Waals surface area contributed by atoms with Crippen LogP contribution in [-0.2, 0) is 0 Å². The van der Waals surface area contributed by atoms with Gasteiger partial charge in [0.2, 0.25) is 0 Å². The highest BCUT2D eigenvalue weighted by molar-refractivity contribution is 6.32. The fourth-order valence-electron chi connectivity index (χ4n) is 2.00. The molecule has 0 aliphatic rings. The number of halogens is 1. The van der Waals surface area contributed by atoms with E-state index in [2.05, 4.69) is 16.9 Å². The molecular formula is C16H22ClN3O. The van der Waals surface area contributed by atoms with Crippen molar-refractivity contribution in [3.63, 3.8) is 0 Å². The molecule has 1 aromatic rings. The van der Waals surface area contributed by atoms with Gasteiger partial charge in [-0.3, -0.25) is 0 Å². The molecule has 0 fully saturated rings. The molecule has 0 unspecified atom stereocenters. The van der Waals surface area contributed by atoms with Gasteiger partial charge in [0.15, 0.2) is 5.96 Å². The number of rotatable bonds is 5. The number of allylic oxidation sites excluding steroid dienone is 2. The summed E-state index contributed by atoms with van der Waals surface area (Å²) in [5.74, 6) is 0.971. The molecule has 5 heteroatoms. The molecule has 0 aromatic heterocycles. The summed E-state index contributed by atoms with van der Waals surface area (Å²) in [5, 5.41) is 3.53. The standard InChI is InChI=1S/C16H22ClN3O/c1-6-7-10(2)19-16(18)20-12(4)13-8-9-14(21-5)15(17)11(13)3/h6-9,12H,2H2,1,3-5H3,(H3,18,19,20)/b7-6-/t12-/m1/s1. The van der Waals surface area contributed by atoms with Gasteiger partial charge in [0.05, 0.1) is 18.2 Å². The van der Waals surface area contributed by atoms with Crippen LogP contribution in [0.4, 0.5) is 0 Å². The van der Waals surface area contributed by atoms with Crippen molar-refractivity contribution in [1.82, 2.24) is 5.32 Å². The van der Waals surface area contributed by atoms with E-state index in [0.717, 1.165) is 11.1 Å². The second kappa shape index (κ2) is 7.74. The summed E-state index contributed by atoms with van der Waals surface area (Å²) in [7, 11) is 1.59. The van der Waals surface area contributed by atoms with Gasteiger partial charge in [0, 0.05) is 5.70 Å². The Kier molecular flexibility index (Phi) is 6.31. The number of hydrogen-bond donors (Lipinski definition) is 2. The quantitative estimate of drug-likeness (QED) is 0.495. The van der Waals surface area contributed by atoms with E-state index in [1.165, 1.54) is 0 Å². The van der Waals surface area contributed by atoms with Gasteiger partial charge in [-0.1, -0.05) is 30.3 Å². The largest absolute Gasteiger partial charge is 0.495 e. The molecule has 0 amide bonds. The molecule has 0 saturated heterocycles. The van der Waals surface area contributed by atoms with Crippen molar-refractivity contribution in [2.24, 2.45) is 10.7 Å². The molecule has 0 aliphatic heterocycles. The number of nitrogens with two attached hydrogens (primary N) is 1. The van der Waals surface area contributed by atoms with Crippen LogP contribution in [0.3, 0.4) is 0 Å². The maximum atomic E-state index is 6.26. The van der Waals surface area contributed by atoms with Gasteiger partial charge in [-0.2, -0.15) is 0 Å². The number of ether oxygens (including phenoxy) is 1. The zero-order chi connectivity index (χ0) is 16.0. The van der Waals surface area contributed by atoms with Crippen LogP contribution < -0.4 is 15.8 Å². The van der Waals surface area contributed by atoms with Crippen LogP contribution in [0, 0.1) is 6.92 Å². The van der Waals surface area contributed by atoms with Gasteiger partial charge in [0.25, 0.3) is 0 Å². The van der Waals surface area contributed by atoms with Crippen molar-refractivity contribution < 1.29 is 4.74 Å². The molecule has 4 nitrogen and oxygen atoms in total. The Morgan fingerprint density at radius 1 is 1.52 bits per heavy atom. The van der Waals surface area contributed by atoms with Crippen molar-refractivity contribution in [3.05, 3.63) is 52.7 Å². The topological polar surface area (TPSA) is 59.6 Å². The Bertz CT molecular complexity index is 579. The van der Waals surface area contributed by atoms with Gasteiger partial charge in [-0.15, -0.1) is 0 Å². The highest BCUT2D eigenvalue weighted by Gasteiger charge is 2.13. The van der Waals surface area contributed by atoms with Crippen LogP contribution in [-0.4, -0.2) is 13.1 Å². The molecule has 1 aromatic carbocycles. The predicted molar refractivity (Wildman–Crippen MR) is 89.9 cm³/mol. The highest BCUT2D eigenvalue weighted by Crippen LogP contribution is 2.33. The molecular weight excluding hydrogens is 286 g/mol. The molecule has 0 heterocycles. The fourth-order valence-corrected chi connectivity index (χ4v) is 2.25. The molecule has 3 N–H and O–H groups in total. The molecule has 0 spiro atoms. The minimum atomic E-state index is -0.126. The van der Waals surface area contributed by atoms with E-state index >= 15 is 0 Å². The number of nitrogens with zero attached hydrogens (tertiary/aromatic N) is 1. The molecule has 21 heavy (non-hydrogen) atoms. The lowest BCUT2D eigenvalue weighted by Crippen LogP contribution is -2.30. The van der Waals surface area contributed by atoms with Crippen LogP contribution in [0.15, 0.2) is 41.6 Å². The maximum Gasteiger partial charge on any atom is 0.193 e. The number of methoxy groups -OCH3 is 1. The molecule has 0 radical (unpaired) electrons. The van der Waals surface area contributed by atoms with Gasteiger partial charge in [-0.25, -0.2) is 4.99 Å². The van der Waals surface area contributed by atoms with Crippen molar-refractivity contribution in [2.45, 2.75) is 26.8 Å². The summed E-state index contributed by atoms with van der Waals surface area (Å²) in [5.41, 5.74) is 8.50. The minimum Gasteiger partial charge on any atom is -0.495 e. The van der Waals surface area contributed by atoms with E-state index in [9.17, 15) is 0 Å². The van der Waals surface area contributed by atoms with Crippen molar-refractivity contribution in [1.29, 1.82) is 0 Å². The number of benzene rings is 1. The third-order valence-corrected chi connectivity index (χ3v) is 3.52. The van der Waals surface area contributed by atoms with Crippen LogP contribution in [0.5, 0.6) is 5.75 Å². The van der Waals surface area contributed by atoms with E-state index in [4.69, 9.17) is 22.1 Å². The lowest BCUT2D eigenvalue weighted by atomic mass is 10.0. The van der Waals surface area contributed by atoms with E-state index in [0.29, 0.717) is 22.4 Å². The first-order chi connectivity index (χ1) is 9.90. The van der Waals surface area contributed by atoms with E-state index in [1.54, 1.807) is 7.11 Å². The molecule has 1 atom stereocenters. The van der Waals surface area contributed by atoms with Crippen LogP contribution in [0.2, 0.25) is 5.02 Å². The first-order valence-corrected chi connectivity index (χ1v) is 7.03. The third-order valence-electron chi connectivity index (χ3n) is 3.05. The van der Waals surface area contributed by atoms with Crippen LogP contribution in [0.25, 0.3) is 0 Å². The number of aliphatic imine (C=N–C) groups is 1. The molecule has 0 saturated carbocycles. The first kappa shape index (κ1) is 17.1. The Balaban J connectivity index is 2.96.